The topological polar surface area (TPSA) is 80.3 Å². The zero-order valence-electron chi connectivity index (χ0n) is 16.6. The number of hydrogen-bond donors (Lipinski definition) is 1. The molecule has 0 amide bonds. The SMILES string of the molecule is O=S(=O)(NC[C@@H](c1ccc(F)cc1)S(=O)(=O)c1cccs1)c1ccc2c(c1)CCCC2. The van der Waals surface area contributed by atoms with Crippen molar-refractivity contribution in [2.45, 2.75) is 40.0 Å². The Morgan fingerprint density at radius 3 is 2.32 bits per heavy atom. The maximum Gasteiger partial charge on any atom is 0.240 e. The van der Waals surface area contributed by atoms with E-state index in [1.165, 1.54) is 30.3 Å². The average Bonchev–Trinajstić information content (AvgIpc) is 3.30. The molecule has 164 valence electrons. The number of thiophene rings is 1. The van der Waals surface area contributed by atoms with E-state index in [1.807, 2.05) is 6.07 Å². The second kappa shape index (κ2) is 8.82. The van der Waals surface area contributed by atoms with Crippen LogP contribution in [0.5, 0.6) is 0 Å². The first-order valence-electron chi connectivity index (χ1n) is 9.92. The number of aryl methyl sites for hydroxylation is 2. The summed E-state index contributed by atoms with van der Waals surface area (Å²) in [6.45, 7) is -0.356. The summed E-state index contributed by atoms with van der Waals surface area (Å²) in [7, 11) is -7.79. The van der Waals surface area contributed by atoms with Gasteiger partial charge >= 0.3 is 0 Å². The fourth-order valence-electron chi connectivity index (χ4n) is 3.80. The monoisotopic (exact) mass is 479 g/mol. The number of sulfone groups is 1. The van der Waals surface area contributed by atoms with Gasteiger partial charge in [0.05, 0.1) is 4.90 Å². The molecule has 0 saturated heterocycles. The van der Waals surface area contributed by atoms with E-state index in [2.05, 4.69) is 4.72 Å². The third kappa shape index (κ3) is 4.74. The van der Waals surface area contributed by atoms with Crippen LogP contribution in [-0.2, 0) is 32.7 Å². The number of halogens is 1. The molecule has 1 aromatic heterocycles. The van der Waals surface area contributed by atoms with E-state index in [0.717, 1.165) is 48.1 Å². The summed E-state index contributed by atoms with van der Waals surface area (Å²) in [5, 5.41) is 0.463. The largest absolute Gasteiger partial charge is 0.240 e. The molecular weight excluding hydrogens is 457 g/mol. The molecule has 1 N–H and O–H groups in total. The highest BCUT2D eigenvalue weighted by Gasteiger charge is 2.31. The van der Waals surface area contributed by atoms with Gasteiger partial charge in [0.15, 0.2) is 9.84 Å². The molecule has 5 nitrogen and oxygen atoms in total. The van der Waals surface area contributed by atoms with Gasteiger partial charge in [-0.15, -0.1) is 11.3 Å². The molecule has 9 heteroatoms. The van der Waals surface area contributed by atoms with Crippen molar-refractivity contribution < 1.29 is 21.2 Å². The number of benzene rings is 2. The minimum atomic E-state index is -3.92. The fraction of sp³-hybridized carbons (Fsp3) is 0.273. The van der Waals surface area contributed by atoms with Crippen molar-refractivity contribution in [1.29, 1.82) is 0 Å². The Morgan fingerprint density at radius 2 is 1.65 bits per heavy atom. The summed E-state index contributed by atoms with van der Waals surface area (Å²) >= 11 is 1.06. The van der Waals surface area contributed by atoms with Crippen molar-refractivity contribution in [2.24, 2.45) is 0 Å². The molecule has 2 aromatic carbocycles. The van der Waals surface area contributed by atoms with Crippen LogP contribution in [0.3, 0.4) is 0 Å². The molecule has 4 rings (SSSR count). The smallest absolute Gasteiger partial charge is 0.222 e. The summed E-state index contributed by atoms with van der Waals surface area (Å²) in [5.74, 6) is -0.495. The van der Waals surface area contributed by atoms with Crippen LogP contribution in [0.2, 0.25) is 0 Å². The van der Waals surface area contributed by atoms with Gasteiger partial charge < -0.3 is 0 Å². The minimum Gasteiger partial charge on any atom is -0.222 e. The van der Waals surface area contributed by atoms with Crippen LogP contribution in [0.25, 0.3) is 0 Å². The summed E-state index contributed by atoms with van der Waals surface area (Å²) in [6.07, 6.45) is 3.89. The predicted octanol–water partition coefficient (Wildman–Crippen LogP) is 4.26. The van der Waals surface area contributed by atoms with Crippen LogP contribution in [0.1, 0.15) is 34.8 Å². The molecule has 0 bridgehead atoms. The summed E-state index contributed by atoms with van der Waals surface area (Å²) < 4.78 is 68.3. The third-order valence-corrected chi connectivity index (χ3v) is 10.4. The number of sulfonamides is 1. The molecule has 31 heavy (non-hydrogen) atoms. The Kier molecular flexibility index (Phi) is 6.30. The molecule has 1 atom stereocenters. The Balaban J connectivity index is 1.63. The van der Waals surface area contributed by atoms with Gasteiger partial charge in [-0.1, -0.05) is 24.3 Å². The van der Waals surface area contributed by atoms with Crippen LogP contribution in [0, 0.1) is 5.82 Å². The lowest BCUT2D eigenvalue weighted by Gasteiger charge is -2.19. The van der Waals surface area contributed by atoms with Crippen LogP contribution >= 0.6 is 11.3 Å². The van der Waals surface area contributed by atoms with Crippen LogP contribution in [0.4, 0.5) is 4.39 Å². The van der Waals surface area contributed by atoms with Gasteiger partial charge in [-0.05, 0) is 78.1 Å². The molecule has 0 aliphatic heterocycles. The normalized spacial score (nSPS) is 15.4. The first-order chi connectivity index (χ1) is 14.8. The van der Waals surface area contributed by atoms with Crippen molar-refractivity contribution in [2.75, 3.05) is 6.54 Å². The molecule has 1 aliphatic carbocycles. The van der Waals surface area contributed by atoms with Gasteiger partial charge in [0.1, 0.15) is 15.3 Å². The molecule has 3 aromatic rings. The molecule has 1 aliphatic rings. The van der Waals surface area contributed by atoms with E-state index >= 15 is 0 Å². The van der Waals surface area contributed by atoms with Crippen molar-refractivity contribution in [3.05, 3.63) is 82.5 Å². The van der Waals surface area contributed by atoms with Gasteiger partial charge in [0.25, 0.3) is 0 Å². The van der Waals surface area contributed by atoms with Gasteiger partial charge in [0.2, 0.25) is 10.0 Å². The lowest BCUT2D eigenvalue weighted by atomic mass is 9.92. The highest BCUT2D eigenvalue weighted by Crippen LogP contribution is 2.32. The van der Waals surface area contributed by atoms with Crippen molar-refractivity contribution in [3.63, 3.8) is 0 Å². The molecule has 0 radical (unpaired) electrons. The summed E-state index contributed by atoms with van der Waals surface area (Å²) in [6, 6.07) is 13.3. The highest BCUT2D eigenvalue weighted by atomic mass is 32.2. The predicted molar refractivity (Wildman–Crippen MR) is 119 cm³/mol. The van der Waals surface area contributed by atoms with Crippen LogP contribution in [-0.4, -0.2) is 23.4 Å². The highest BCUT2D eigenvalue weighted by molar-refractivity contribution is 7.93. The Bertz CT molecular complexity index is 1270. The van der Waals surface area contributed by atoms with E-state index < -0.39 is 30.9 Å². The zero-order valence-corrected chi connectivity index (χ0v) is 19.1. The fourth-order valence-corrected chi connectivity index (χ4v) is 7.87. The molecular formula is C22H22FNO4S3. The second-order valence-electron chi connectivity index (χ2n) is 7.51. The maximum atomic E-state index is 13.4. The lowest BCUT2D eigenvalue weighted by molar-refractivity contribution is 0.569. The third-order valence-electron chi connectivity index (χ3n) is 5.48. The first kappa shape index (κ1) is 22.1. The minimum absolute atomic E-state index is 0.125. The number of hydrogen-bond acceptors (Lipinski definition) is 5. The Morgan fingerprint density at radius 1 is 0.935 bits per heavy atom. The number of rotatable bonds is 7. The lowest BCUT2D eigenvalue weighted by Crippen LogP contribution is -2.32. The van der Waals surface area contributed by atoms with Gasteiger partial charge in [-0.2, -0.15) is 0 Å². The van der Waals surface area contributed by atoms with E-state index in [0.29, 0.717) is 5.56 Å². The molecule has 0 unspecified atom stereocenters. The van der Waals surface area contributed by atoms with Crippen molar-refractivity contribution >= 4 is 31.2 Å². The molecule has 0 saturated carbocycles. The molecule has 1 heterocycles. The van der Waals surface area contributed by atoms with Crippen molar-refractivity contribution in [1.82, 2.24) is 4.72 Å². The van der Waals surface area contributed by atoms with Crippen molar-refractivity contribution in [3.8, 4) is 0 Å². The van der Waals surface area contributed by atoms with E-state index in [9.17, 15) is 21.2 Å². The molecule has 0 fully saturated rings. The molecule has 0 spiro atoms. The average molecular weight is 480 g/mol. The second-order valence-corrected chi connectivity index (χ2v) is 12.6. The van der Waals surface area contributed by atoms with E-state index in [4.69, 9.17) is 0 Å². The quantitative estimate of drug-likeness (QED) is 0.549. The zero-order chi connectivity index (χ0) is 22.1. The Hall–Kier alpha value is -2.07. The van der Waals surface area contributed by atoms with E-state index in [1.54, 1.807) is 23.6 Å². The standard InChI is InChI=1S/C22H22FNO4S3/c23-19-10-7-17(8-11-19)21(30(25,26)22-6-3-13-29-22)15-24-31(27,28)20-12-9-16-4-1-2-5-18(16)14-20/h3,6-14,21,24H,1-2,4-5,15H2/t21-/m0/s1. The number of nitrogens with one attached hydrogen (secondary N) is 1. The van der Waals surface area contributed by atoms with Gasteiger partial charge in [-0.3, -0.25) is 0 Å². The van der Waals surface area contributed by atoms with Gasteiger partial charge in [0, 0.05) is 6.54 Å². The van der Waals surface area contributed by atoms with Crippen LogP contribution in [0.15, 0.2) is 69.1 Å². The summed E-state index contributed by atoms with van der Waals surface area (Å²) in [5.41, 5.74) is 2.51. The Labute approximate surface area is 185 Å². The number of fused-ring (bicyclic) bond motifs is 1. The van der Waals surface area contributed by atoms with E-state index in [-0.39, 0.29) is 15.6 Å². The first-order valence-corrected chi connectivity index (χ1v) is 13.8. The summed E-state index contributed by atoms with van der Waals surface area (Å²) in [4.78, 5) is 0.125. The van der Waals surface area contributed by atoms with Gasteiger partial charge in [-0.25, -0.2) is 25.9 Å². The van der Waals surface area contributed by atoms with Crippen LogP contribution < -0.4 is 4.72 Å². The maximum absolute atomic E-state index is 13.4.